The number of nitrogens with zero attached hydrogens (tertiary/aromatic N) is 2. The van der Waals surface area contributed by atoms with Crippen molar-refractivity contribution in [3.05, 3.63) is 47.9 Å². The van der Waals surface area contributed by atoms with Crippen LogP contribution in [0.4, 0.5) is 0 Å². The van der Waals surface area contributed by atoms with E-state index in [4.69, 9.17) is 5.73 Å². The Morgan fingerprint density at radius 2 is 2.19 bits per heavy atom. The van der Waals surface area contributed by atoms with E-state index in [-0.39, 0.29) is 0 Å². The highest BCUT2D eigenvalue weighted by molar-refractivity contribution is 7.99. The molecule has 3 nitrogen and oxygen atoms in total. The monoisotopic (exact) mass is 231 g/mol. The van der Waals surface area contributed by atoms with Crippen molar-refractivity contribution in [2.45, 2.75) is 23.4 Å². The maximum atomic E-state index is 5.59. The van der Waals surface area contributed by atoms with Gasteiger partial charge in [-0.3, -0.25) is 0 Å². The van der Waals surface area contributed by atoms with Gasteiger partial charge in [0.1, 0.15) is 11.4 Å². The highest BCUT2D eigenvalue weighted by atomic mass is 32.2. The van der Waals surface area contributed by atoms with Crippen molar-refractivity contribution < 1.29 is 0 Å². The molecular formula is C12H13N3S. The van der Waals surface area contributed by atoms with Crippen LogP contribution in [0.25, 0.3) is 0 Å². The lowest BCUT2D eigenvalue weighted by molar-refractivity contribution is 1.04. The molecule has 0 fully saturated rings. The summed E-state index contributed by atoms with van der Waals surface area (Å²) in [6, 6.07) is 8.16. The summed E-state index contributed by atoms with van der Waals surface area (Å²) in [5, 5.41) is 0.957. The van der Waals surface area contributed by atoms with Crippen molar-refractivity contribution in [1.29, 1.82) is 0 Å². The Kier molecular flexibility index (Phi) is 3.54. The Hall–Kier alpha value is -1.39. The van der Waals surface area contributed by atoms with Crippen molar-refractivity contribution in [2.75, 3.05) is 0 Å². The number of aryl methyl sites for hydroxylation is 1. The Bertz CT molecular complexity index is 471. The van der Waals surface area contributed by atoms with Crippen LogP contribution in [0, 0.1) is 6.92 Å². The quantitative estimate of drug-likeness (QED) is 0.824. The van der Waals surface area contributed by atoms with E-state index in [1.165, 1.54) is 10.5 Å². The fourth-order valence-corrected chi connectivity index (χ4v) is 2.21. The Morgan fingerprint density at radius 1 is 1.31 bits per heavy atom. The molecule has 2 rings (SSSR count). The minimum Gasteiger partial charge on any atom is -0.326 e. The van der Waals surface area contributed by atoms with Crippen LogP contribution in [0.15, 0.2) is 46.7 Å². The molecule has 0 spiro atoms. The van der Waals surface area contributed by atoms with E-state index in [0.717, 1.165) is 10.6 Å². The van der Waals surface area contributed by atoms with Crippen LogP contribution < -0.4 is 5.73 Å². The van der Waals surface area contributed by atoms with E-state index >= 15 is 0 Å². The van der Waals surface area contributed by atoms with Gasteiger partial charge in [-0.05, 0) is 30.2 Å². The SMILES string of the molecule is Cc1cc(CN)ccc1Sc1ccncn1. The molecular weight excluding hydrogens is 218 g/mol. The summed E-state index contributed by atoms with van der Waals surface area (Å²) in [6.07, 6.45) is 3.31. The van der Waals surface area contributed by atoms with Crippen molar-refractivity contribution >= 4 is 11.8 Å². The lowest BCUT2D eigenvalue weighted by Gasteiger charge is -2.06. The third-order valence-corrected chi connectivity index (χ3v) is 3.37. The number of hydrogen-bond acceptors (Lipinski definition) is 4. The molecule has 0 aliphatic rings. The summed E-state index contributed by atoms with van der Waals surface area (Å²) in [7, 11) is 0. The van der Waals surface area contributed by atoms with E-state index in [0.29, 0.717) is 6.54 Å². The van der Waals surface area contributed by atoms with Gasteiger partial charge < -0.3 is 5.73 Å². The molecule has 82 valence electrons. The summed E-state index contributed by atoms with van der Waals surface area (Å²) in [4.78, 5) is 9.29. The third-order valence-electron chi connectivity index (χ3n) is 2.24. The minimum atomic E-state index is 0.583. The zero-order valence-corrected chi connectivity index (χ0v) is 9.87. The van der Waals surface area contributed by atoms with Crippen LogP contribution in [0.2, 0.25) is 0 Å². The molecule has 4 heteroatoms. The van der Waals surface area contributed by atoms with Gasteiger partial charge in [-0.1, -0.05) is 23.9 Å². The largest absolute Gasteiger partial charge is 0.326 e. The average molecular weight is 231 g/mol. The number of hydrogen-bond donors (Lipinski definition) is 1. The van der Waals surface area contributed by atoms with Gasteiger partial charge in [-0.25, -0.2) is 9.97 Å². The van der Waals surface area contributed by atoms with Gasteiger partial charge in [-0.2, -0.15) is 0 Å². The summed E-state index contributed by atoms with van der Waals surface area (Å²) < 4.78 is 0. The van der Waals surface area contributed by atoms with Crippen molar-refractivity contribution in [3.8, 4) is 0 Å². The lowest BCUT2D eigenvalue weighted by Crippen LogP contribution is -1.96. The molecule has 0 amide bonds. The Balaban J connectivity index is 2.22. The highest BCUT2D eigenvalue weighted by Gasteiger charge is 2.02. The normalized spacial score (nSPS) is 10.4. The van der Waals surface area contributed by atoms with Crippen LogP contribution in [0.3, 0.4) is 0 Å². The maximum absolute atomic E-state index is 5.59. The van der Waals surface area contributed by atoms with Gasteiger partial charge in [-0.15, -0.1) is 0 Å². The van der Waals surface area contributed by atoms with E-state index in [2.05, 4.69) is 35.1 Å². The molecule has 0 atom stereocenters. The first-order chi connectivity index (χ1) is 7.79. The van der Waals surface area contributed by atoms with Crippen LogP contribution in [0.1, 0.15) is 11.1 Å². The van der Waals surface area contributed by atoms with Gasteiger partial charge in [0.15, 0.2) is 0 Å². The molecule has 2 N–H and O–H groups in total. The maximum Gasteiger partial charge on any atom is 0.116 e. The van der Waals surface area contributed by atoms with Crippen molar-refractivity contribution in [1.82, 2.24) is 9.97 Å². The van der Waals surface area contributed by atoms with Crippen LogP contribution in [-0.2, 0) is 6.54 Å². The molecule has 0 bridgehead atoms. The Labute approximate surface area is 99.1 Å². The first kappa shape index (κ1) is 11.1. The molecule has 0 unspecified atom stereocenters. The molecule has 0 saturated carbocycles. The lowest BCUT2D eigenvalue weighted by atomic mass is 10.1. The minimum absolute atomic E-state index is 0.583. The predicted molar refractivity (Wildman–Crippen MR) is 65.2 cm³/mol. The number of rotatable bonds is 3. The van der Waals surface area contributed by atoms with E-state index in [9.17, 15) is 0 Å². The van der Waals surface area contributed by atoms with Crippen LogP contribution >= 0.6 is 11.8 Å². The molecule has 16 heavy (non-hydrogen) atoms. The molecule has 1 aromatic carbocycles. The molecule has 1 aromatic heterocycles. The summed E-state index contributed by atoms with van der Waals surface area (Å²) >= 11 is 1.64. The number of benzene rings is 1. The Morgan fingerprint density at radius 3 is 2.81 bits per heavy atom. The van der Waals surface area contributed by atoms with Gasteiger partial charge in [0, 0.05) is 17.6 Å². The molecule has 1 heterocycles. The molecule has 0 radical (unpaired) electrons. The second kappa shape index (κ2) is 5.09. The van der Waals surface area contributed by atoms with Gasteiger partial charge >= 0.3 is 0 Å². The molecule has 0 saturated heterocycles. The second-order valence-corrected chi connectivity index (χ2v) is 4.52. The second-order valence-electron chi connectivity index (χ2n) is 3.45. The van der Waals surface area contributed by atoms with E-state index in [1.807, 2.05) is 6.07 Å². The number of nitrogens with two attached hydrogens (primary N) is 1. The first-order valence-corrected chi connectivity index (χ1v) is 5.84. The third kappa shape index (κ3) is 2.59. The summed E-state index contributed by atoms with van der Waals surface area (Å²) in [5.74, 6) is 0. The fourth-order valence-electron chi connectivity index (χ4n) is 1.40. The molecule has 2 aromatic rings. The zero-order valence-electron chi connectivity index (χ0n) is 9.05. The van der Waals surface area contributed by atoms with Gasteiger partial charge in [0.05, 0.1) is 0 Å². The summed E-state index contributed by atoms with van der Waals surface area (Å²) in [5.41, 5.74) is 7.98. The van der Waals surface area contributed by atoms with E-state index < -0.39 is 0 Å². The van der Waals surface area contributed by atoms with Crippen LogP contribution in [-0.4, -0.2) is 9.97 Å². The topological polar surface area (TPSA) is 51.8 Å². The predicted octanol–water partition coefficient (Wildman–Crippen LogP) is 2.39. The number of aromatic nitrogens is 2. The first-order valence-electron chi connectivity index (χ1n) is 5.03. The zero-order chi connectivity index (χ0) is 11.4. The molecule has 0 aliphatic carbocycles. The highest BCUT2D eigenvalue weighted by Crippen LogP contribution is 2.28. The fraction of sp³-hybridized carbons (Fsp3) is 0.167. The standard InChI is InChI=1S/C12H13N3S/c1-9-6-10(7-13)2-3-11(9)16-12-4-5-14-8-15-12/h2-6,8H,7,13H2,1H3. The smallest absolute Gasteiger partial charge is 0.116 e. The van der Waals surface area contributed by atoms with Crippen molar-refractivity contribution in [3.63, 3.8) is 0 Å². The van der Waals surface area contributed by atoms with Crippen molar-refractivity contribution in [2.24, 2.45) is 5.73 Å². The summed E-state index contributed by atoms with van der Waals surface area (Å²) in [6.45, 7) is 2.67. The van der Waals surface area contributed by atoms with Crippen LogP contribution in [0.5, 0.6) is 0 Å². The van der Waals surface area contributed by atoms with E-state index in [1.54, 1.807) is 24.3 Å². The molecule has 0 aliphatic heterocycles. The van der Waals surface area contributed by atoms with Gasteiger partial charge in [0.25, 0.3) is 0 Å². The average Bonchev–Trinajstić information content (AvgIpc) is 2.33. The van der Waals surface area contributed by atoms with Gasteiger partial charge in [0.2, 0.25) is 0 Å².